The van der Waals surface area contributed by atoms with Crippen molar-refractivity contribution in [2.45, 2.75) is 0 Å². The lowest BCUT2D eigenvalue weighted by atomic mass is 10.2. The highest BCUT2D eigenvalue weighted by Gasteiger charge is 2.15. The van der Waals surface area contributed by atoms with Crippen LogP contribution in [-0.2, 0) is 0 Å². The van der Waals surface area contributed by atoms with Crippen LogP contribution in [0.2, 0.25) is 0 Å². The number of hydrogen-bond acceptors (Lipinski definition) is 4. The number of aromatic carboxylic acids is 1. The van der Waals surface area contributed by atoms with E-state index in [1.165, 1.54) is 12.1 Å². The van der Waals surface area contributed by atoms with Crippen LogP contribution in [0.4, 0.5) is 0 Å². The molecule has 0 spiro atoms. The number of benzene rings is 2. The van der Waals surface area contributed by atoms with Crippen molar-refractivity contribution in [1.29, 1.82) is 0 Å². The predicted octanol–water partition coefficient (Wildman–Crippen LogP) is 3.94. The van der Waals surface area contributed by atoms with Gasteiger partial charge >= 0.3 is 5.97 Å². The lowest BCUT2D eigenvalue weighted by Crippen LogP contribution is -1.94. The van der Waals surface area contributed by atoms with Crippen molar-refractivity contribution >= 4 is 28.0 Å². The molecule has 21 heavy (non-hydrogen) atoms. The fourth-order valence-corrected chi connectivity index (χ4v) is 2.32. The molecule has 4 aromatic rings. The molecule has 5 heteroatoms. The van der Waals surface area contributed by atoms with E-state index in [2.05, 4.69) is 4.98 Å². The van der Waals surface area contributed by atoms with Crippen molar-refractivity contribution in [3.63, 3.8) is 0 Å². The van der Waals surface area contributed by atoms with Gasteiger partial charge in [0.05, 0.1) is 11.1 Å². The first kappa shape index (κ1) is 11.7. The minimum atomic E-state index is -0.991. The number of hydrogen-bond donors (Lipinski definition) is 1. The van der Waals surface area contributed by atoms with Crippen molar-refractivity contribution in [2.75, 3.05) is 0 Å². The molecule has 5 nitrogen and oxygen atoms in total. The minimum Gasteiger partial charge on any atom is -0.478 e. The Kier molecular flexibility index (Phi) is 2.35. The Morgan fingerprint density at radius 1 is 1.10 bits per heavy atom. The number of rotatable bonds is 2. The molecule has 2 heterocycles. The SMILES string of the molecule is O=C(O)c1ccc2oc(-c3coc4ccccc34)nc2c1. The maximum atomic E-state index is 11.0. The molecule has 0 aliphatic carbocycles. The first-order chi connectivity index (χ1) is 10.2. The van der Waals surface area contributed by atoms with Crippen LogP contribution < -0.4 is 0 Å². The second-order valence-electron chi connectivity index (χ2n) is 4.65. The standard InChI is InChI=1S/C16H9NO4/c18-16(19)9-5-6-14-12(7-9)17-15(21-14)11-8-20-13-4-2-1-3-10(11)13/h1-8H,(H,18,19). The third-order valence-corrected chi connectivity index (χ3v) is 3.35. The van der Waals surface area contributed by atoms with Gasteiger partial charge in [-0.15, -0.1) is 0 Å². The third kappa shape index (κ3) is 1.79. The average molecular weight is 279 g/mol. The van der Waals surface area contributed by atoms with Crippen molar-refractivity contribution < 1.29 is 18.7 Å². The maximum absolute atomic E-state index is 11.0. The van der Waals surface area contributed by atoms with E-state index in [0.29, 0.717) is 17.0 Å². The molecule has 102 valence electrons. The van der Waals surface area contributed by atoms with Gasteiger partial charge in [0.2, 0.25) is 5.89 Å². The quantitative estimate of drug-likeness (QED) is 0.601. The number of oxazole rings is 1. The summed E-state index contributed by atoms with van der Waals surface area (Å²) in [4.78, 5) is 15.3. The molecule has 2 aromatic carbocycles. The Bertz CT molecular complexity index is 980. The molecule has 0 aliphatic rings. The molecule has 0 saturated heterocycles. The summed E-state index contributed by atoms with van der Waals surface area (Å²) in [5, 5.41) is 9.91. The lowest BCUT2D eigenvalue weighted by molar-refractivity contribution is 0.0697. The summed E-state index contributed by atoms with van der Waals surface area (Å²) >= 11 is 0. The number of carboxylic acids is 1. The molecule has 1 N–H and O–H groups in total. The van der Waals surface area contributed by atoms with Crippen LogP contribution in [0.5, 0.6) is 0 Å². The zero-order valence-electron chi connectivity index (χ0n) is 10.7. The van der Waals surface area contributed by atoms with Gasteiger partial charge in [-0.2, -0.15) is 0 Å². The van der Waals surface area contributed by atoms with E-state index in [1.807, 2.05) is 24.3 Å². The summed E-state index contributed by atoms with van der Waals surface area (Å²) in [7, 11) is 0. The molecular weight excluding hydrogens is 270 g/mol. The van der Waals surface area contributed by atoms with E-state index < -0.39 is 5.97 Å². The Morgan fingerprint density at radius 3 is 2.81 bits per heavy atom. The van der Waals surface area contributed by atoms with Crippen molar-refractivity contribution in [3.8, 4) is 11.5 Å². The van der Waals surface area contributed by atoms with Crippen LogP contribution in [0.25, 0.3) is 33.5 Å². The number of fused-ring (bicyclic) bond motifs is 2. The smallest absolute Gasteiger partial charge is 0.335 e. The molecule has 0 fully saturated rings. The number of nitrogens with zero attached hydrogens (tertiary/aromatic N) is 1. The van der Waals surface area contributed by atoms with Gasteiger partial charge in [-0.25, -0.2) is 9.78 Å². The lowest BCUT2D eigenvalue weighted by Gasteiger charge is -1.91. The number of furan rings is 1. The van der Waals surface area contributed by atoms with Gasteiger partial charge in [-0.3, -0.25) is 0 Å². The van der Waals surface area contributed by atoms with E-state index in [4.69, 9.17) is 13.9 Å². The third-order valence-electron chi connectivity index (χ3n) is 3.35. The van der Waals surface area contributed by atoms with Crippen LogP contribution >= 0.6 is 0 Å². The highest BCUT2D eigenvalue weighted by atomic mass is 16.4. The Hall–Kier alpha value is -3.08. The summed E-state index contributed by atoms with van der Waals surface area (Å²) in [6, 6.07) is 12.2. The minimum absolute atomic E-state index is 0.180. The van der Waals surface area contributed by atoms with Gasteiger partial charge in [-0.1, -0.05) is 18.2 Å². The monoisotopic (exact) mass is 279 g/mol. The summed E-state index contributed by atoms with van der Waals surface area (Å²) in [6.07, 6.45) is 1.59. The van der Waals surface area contributed by atoms with Crippen LogP contribution in [0.1, 0.15) is 10.4 Å². The normalized spacial score (nSPS) is 11.2. The second-order valence-corrected chi connectivity index (χ2v) is 4.65. The van der Waals surface area contributed by atoms with Crippen molar-refractivity contribution in [3.05, 3.63) is 54.3 Å². The summed E-state index contributed by atoms with van der Waals surface area (Å²) in [5.41, 5.74) is 2.73. The van der Waals surface area contributed by atoms with Gasteiger partial charge in [0.25, 0.3) is 0 Å². The second kappa shape index (κ2) is 4.21. The average Bonchev–Trinajstić information content (AvgIpc) is 3.09. The number of carboxylic acid groups (broad SMARTS) is 1. The van der Waals surface area contributed by atoms with Gasteiger partial charge in [0, 0.05) is 5.39 Å². The predicted molar refractivity (Wildman–Crippen MR) is 76.2 cm³/mol. The van der Waals surface area contributed by atoms with E-state index in [-0.39, 0.29) is 5.56 Å². The molecule has 2 aromatic heterocycles. The molecule has 4 rings (SSSR count). The van der Waals surface area contributed by atoms with Crippen molar-refractivity contribution in [2.24, 2.45) is 0 Å². The zero-order chi connectivity index (χ0) is 14.4. The molecule has 0 radical (unpaired) electrons. The molecule has 0 saturated carbocycles. The van der Waals surface area contributed by atoms with E-state index >= 15 is 0 Å². The number of carbonyl (C=O) groups is 1. The Morgan fingerprint density at radius 2 is 1.95 bits per heavy atom. The molecule has 0 atom stereocenters. The molecular formula is C16H9NO4. The van der Waals surface area contributed by atoms with Crippen molar-refractivity contribution in [1.82, 2.24) is 4.98 Å². The summed E-state index contributed by atoms with van der Waals surface area (Å²) in [6.45, 7) is 0. The fraction of sp³-hybridized carbons (Fsp3) is 0. The fourth-order valence-electron chi connectivity index (χ4n) is 2.32. The van der Waals surface area contributed by atoms with Crippen LogP contribution in [0, 0.1) is 0 Å². The van der Waals surface area contributed by atoms with E-state index in [0.717, 1.165) is 16.5 Å². The van der Waals surface area contributed by atoms with Crippen LogP contribution in [0.15, 0.2) is 57.6 Å². The largest absolute Gasteiger partial charge is 0.478 e. The Labute approximate surface area is 118 Å². The molecule has 0 aliphatic heterocycles. The Balaban J connectivity index is 1.92. The first-order valence-corrected chi connectivity index (χ1v) is 6.33. The summed E-state index contributed by atoms with van der Waals surface area (Å²) < 4.78 is 11.2. The van der Waals surface area contributed by atoms with E-state index in [1.54, 1.807) is 12.3 Å². The topological polar surface area (TPSA) is 76.5 Å². The number of aromatic nitrogens is 1. The number of para-hydroxylation sites is 1. The van der Waals surface area contributed by atoms with E-state index in [9.17, 15) is 4.79 Å². The van der Waals surface area contributed by atoms with Crippen LogP contribution in [-0.4, -0.2) is 16.1 Å². The molecule has 0 unspecified atom stereocenters. The van der Waals surface area contributed by atoms with Gasteiger partial charge < -0.3 is 13.9 Å². The summed E-state index contributed by atoms with van der Waals surface area (Å²) in [5.74, 6) is -0.576. The zero-order valence-corrected chi connectivity index (χ0v) is 10.7. The molecule has 0 amide bonds. The van der Waals surface area contributed by atoms with Crippen LogP contribution in [0.3, 0.4) is 0 Å². The van der Waals surface area contributed by atoms with Gasteiger partial charge in [0.15, 0.2) is 5.58 Å². The maximum Gasteiger partial charge on any atom is 0.335 e. The van der Waals surface area contributed by atoms with Gasteiger partial charge in [-0.05, 0) is 24.3 Å². The first-order valence-electron chi connectivity index (χ1n) is 6.33. The highest BCUT2D eigenvalue weighted by Crippen LogP contribution is 2.32. The highest BCUT2D eigenvalue weighted by molar-refractivity contribution is 5.95. The van der Waals surface area contributed by atoms with Gasteiger partial charge in [0.1, 0.15) is 17.4 Å². The molecule has 0 bridgehead atoms.